The van der Waals surface area contributed by atoms with Gasteiger partial charge in [0.2, 0.25) is 0 Å². The lowest BCUT2D eigenvalue weighted by molar-refractivity contribution is -0.112. The number of ketones is 1. The molecule has 0 aromatic rings. The number of hydrogen-bond acceptors (Lipinski definition) is 1. The van der Waals surface area contributed by atoms with E-state index in [2.05, 4.69) is 0 Å². The van der Waals surface area contributed by atoms with Crippen molar-refractivity contribution in [2.45, 2.75) is 6.92 Å². The monoisotopic (exact) mass is 130 g/mol. The van der Waals surface area contributed by atoms with Crippen molar-refractivity contribution in [1.82, 2.24) is 0 Å². The average molecular weight is 131 g/mol. The van der Waals surface area contributed by atoms with Gasteiger partial charge >= 0.3 is 0 Å². The maximum Gasteiger partial charge on any atom is 0.152 e. The molecule has 0 aliphatic heterocycles. The van der Waals surface area contributed by atoms with Crippen molar-refractivity contribution in [3.05, 3.63) is 23.8 Å². The molecule has 0 aromatic heterocycles. The molecule has 0 saturated heterocycles. The van der Waals surface area contributed by atoms with Gasteiger partial charge in [-0.15, -0.1) is 0 Å². The molecule has 0 amide bonds. The van der Waals surface area contributed by atoms with Crippen molar-refractivity contribution in [2.24, 2.45) is 0 Å². The highest BCUT2D eigenvalue weighted by Crippen LogP contribution is 1.80. The van der Waals surface area contributed by atoms with Gasteiger partial charge in [-0.3, -0.25) is 4.79 Å². The molecule has 0 heterocycles. The summed E-state index contributed by atoms with van der Waals surface area (Å²) in [6.45, 7) is 1.48. The van der Waals surface area contributed by atoms with Crippen molar-refractivity contribution in [3.63, 3.8) is 0 Å². The van der Waals surface area contributed by atoms with Gasteiger partial charge in [0, 0.05) is 5.54 Å². The number of rotatable bonds is 2. The van der Waals surface area contributed by atoms with Crippen LogP contribution in [0.4, 0.5) is 0 Å². The van der Waals surface area contributed by atoms with Crippen molar-refractivity contribution in [2.75, 3.05) is 0 Å². The average Bonchev–Trinajstić information content (AvgIpc) is 1.66. The van der Waals surface area contributed by atoms with Crippen LogP contribution in [0.1, 0.15) is 6.92 Å². The number of carbonyl (C=O) groups is 1. The molecule has 0 atom stereocenters. The van der Waals surface area contributed by atoms with Crippen LogP contribution in [0.25, 0.3) is 0 Å². The summed E-state index contributed by atoms with van der Waals surface area (Å²) in [4.78, 5) is 10.2. The lowest BCUT2D eigenvalue weighted by Gasteiger charge is -1.71. The quantitative estimate of drug-likeness (QED) is 0.412. The van der Waals surface area contributed by atoms with Gasteiger partial charge < -0.3 is 0 Å². The highest BCUT2D eigenvalue weighted by molar-refractivity contribution is 6.25. The first-order valence-corrected chi connectivity index (χ1v) is 2.65. The molecular weight excluding hydrogens is 124 g/mol. The normalized spacial score (nSPS) is 11.2. The van der Waals surface area contributed by atoms with E-state index in [-0.39, 0.29) is 5.78 Å². The van der Waals surface area contributed by atoms with Gasteiger partial charge in [-0.05, 0) is 13.0 Å². The molecule has 2 heteroatoms. The van der Waals surface area contributed by atoms with Crippen LogP contribution in [0.15, 0.2) is 23.8 Å². The summed E-state index contributed by atoms with van der Waals surface area (Å²) in [5.41, 5.74) is 1.35. The van der Waals surface area contributed by atoms with Crippen LogP contribution < -0.4 is 0 Å². The molecule has 0 unspecified atom stereocenters. The maximum atomic E-state index is 10.2. The molecule has 0 aromatic carbocycles. The van der Waals surface area contributed by atoms with Crippen LogP contribution in [0.2, 0.25) is 0 Å². The van der Waals surface area contributed by atoms with Gasteiger partial charge in [0.15, 0.2) is 5.78 Å². The Hall–Kier alpha value is -0.560. The first-order chi connectivity index (χ1) is 3.77. The Morgan fingerprint density at radius 2 is 2.12 bits per heavy atom. The Balaban J connectivity index is 3.50. The van der Waals surface area contributed by atoms with E-state index in [1.54, 1.807) is 12.2 Å². The van der Waals surface area contributed by atoms with Crippen molar-refractivity contribution < 1.29 is 4.79 Å². The standard InChI is InChI=1S/C6H7ClO/c1-6(8)4-2-3-5-7/h2-5H,1H3/b4-2+,5-3+. The van der Waals surface area contributed by atoms with Gasteiger partial charge in [-0.25, -0.2) is 0 Å². The summed E-state index contributed by atoms with van der Waals surface area (Å²) >= 11 is 5.14. The third-order valence-corrected chi connectivity index (χ3v) is 0.660. The summed E-state index contributed by atoms with van der Waals surface area (Å²) in [6, 6.07) is 0. The van der Waals surface area contributed by atoms with Crippen molar-refractivity contribution >= 4 is 17.4 Å². The van der Waals surface area contributed by atoms with Gasteiger partial charge in [-0.1, -0.05) is 23.8 Å². The minimum absolute atomic E-state index is 0.0276. The predicted molar refractivity (Wildman–Crippen MR) is 34.8 cm³/mol. The molecule has 0 spiro atoms. The molecule has 0 fully saturated rings. The van der Waals surface area contributed by atoms with Crippen LogP contribution in [0.3, 0.4) is 0 Å². The second-order valence-electron chi connectivity index (χ2n) is 1.29. The van der Waals surface area contributed by atoms with E-state index in [1.165, 1.54) is 18.5 Å². The van der Waals surface area contributed by atoms with Crippen LogP contribution in [-0.2, 0) is 4.79 Å². The highest BCUT2D eigenvalue weighted by atomic mass is 35.5. The lowest BCUT2D eigenvalue weighted by atomic mass is 10.4. The van der Waals surface area contributed by atoms with E-state index in [9.17, 15) is 4.79 Å². The minimum atomic E-state index is 0.0276. The smallest absolute Gasteiger partial charge is 0.152 e. The van der Waals surface area contributed by atoms with E-state index in [0.717, 1.165) is 0 Å². The zero-order chi connectivity index (χ0) is 6.41. The third kappa shape index (κ3) is 5.44. The summed E-state index contributed by atoms with van der Waals surface area (Å²) in [5.74, 6) is 0.0276. The summed E-state index contributed by atoms with van der Waals surface area (Å²) in [7, 11) is 0. The fourth-order valence-electron chi connectivity index (χ4n) is 0.233. The summed E-state index contributed by atoms with van der Waals surface area (Å²) < 4.78 is 0. The molecule has 0 N–H and O–H groups in total. The van der Waals surface area contributed by atoms with Crippen molar-refractivity contribution in [1.29, 1.82) is 0 Å². The third-order valence-electron chi connectivity index (χ3n) is 0.515. The number of hydrogen-bond donors (Lipinski definition) is 0. The van der Waals surface area contributed by atoms with Gasteiger partial charge in [0.1, 0.15) is 0 Å². The second kappa shape index (κ2) is 4.60. The van der Waals surface area contributed by atoms with Gasteiger partial charge in [0.25, 0.3) is 0 Å². The highest BCUT2D eigenvalue weighted by Gasteiger charge is 1.75. The molecule has 0 aliphatic carbocycles. The molecular formula is C6H7ClO. The molecule has 44 valence electrons. The van der Waals surface area contributed by atoms with Crippen LogP contribution >= 0.6 is 11.6 Å². The molecule has 0 aliphatic rings. The van der Waals surface area contributed by atoms with Gasteiger partial charge in [-0.2, -0.15) is 0 Å². The molecule has 0 saturated carbocycles. The zero-order valence-electron chi connectivity index (χ0n) is 4.60. The van der Waals surface area contributed by atoms with E-state index in [4.69, 9.17) is 11.6 Å². The Labute approximate surface area is 53.6 Å². The first-order valence-electron chi connectivity index (χ1n) is 2.21. The maximum absolute atomic E-state index is 10.2. The zero-order valence-corrected chi connectivity index (χ0v) is 5.35. The van der Waals surface area contributed by atoms with Crippen LogP contribution in [-0.4, -0.2) is 5.78 Å². The van der Waals surface area contributed by atoms with Gasteiger partial charge in [0.05, 0.1) is 0 Å². The van der Waals surface area contributed by atoms with E-state index in [0.29, 0.717) is 0 Å². The Morgan fingerprint density at radius 3 is 2.50 bits per heavy atom. The fourth-order valence-corrected chi connectivity index (χ4v) is 0.317. The van der Waals surface area contributed by atoms with E-state index in [1.807, 2.05) is 0 Å². The minimum Gasteiger partial charge on any atom is -0.295 e. The molecule has 0 radical (unpaired) electrons. The van der Waals surface area contributed by atoms with Crippen LogP contribution in [0.5, 0.6) is 0 Å². The Bertz CT molecular complexity index is 124. The van der Waals surface area contributed by atoms with Crippen LogP contribution in [0, 0.1) is 0 Å². The second-order valence-corrected chi connectivity index (χ2v) is 1.54. The van der Waals surface area contributed by atoms with Crippen molar-refractivity contribution in [3.8, 4) is 0 Å². The summed E-state index contributed by atoms with van der Waals surface area (Å²) in [5, 5.41) is 0. The first kappa shape index (κ1) is 7.44. The SMILES string of the molecule is CC(=O)/C=C/C=C/Cl. The topological polar surface area (TPSA) is 17.1 Å². The number of allylic oxidation sites excluding steroid dienone is 3. The van der Waals surface area contributed by atoms with E-state index >= 15 is 0 Å². The fraction of sp³-hybridized carbons (Fsp3) is 0.167. The molecule has 8 heavy (non-hydrogen) atoms. The lowest BCUT2D eigenvalue weighted by Crippen LogP contribution is -1.76. The summed E-state index contributed by atoms with van der Waals surface area (Å²) in [6.07, 6.45) is 4.62. The predicted octanol–water partition coefficient (Wildman–Crippen LogP) is 1.88. The molecule has 1 nitrogen and oxygen atoms in total. The Morgan fingerprint density at radius 1 is 1.50 bits per heavy atom. The molecule has 0 bridgehead atoms. The number of carbonyl (C=O) groups excluding carboxylic acids is 1. The van der Waals surface area contributed by atoms with E-state index < -0.39 is 0 Å². The Kier molecular flexibility index (Phi) is 4.27. The number of halogens is 1. The molecule has 0 rings (SSSR count). The largest absolute Gasteiger partial charge is 0.295 e.